The van der Waals surface area contributed by atoms with E-state index in [9.17, 15) is 0 Å². The van der Waals surface area contributed by atoms with Gasteiger partial charge < -0.3 is 5.32 Å². The lowest BCUT2D eigenvalue weighted by Crippen LogP contribution is -2.10. The molecule has 3 heterocycles. The van der Waals surface area contributed by atoms with E-state index in [0.29, 0.717) is 5.95 Å². The molecule has 0 unspecified atom stereocenters. The van der Waals surface area contributed by atoms with Gasteiger partial charge in [-0.2, -0.15) is 4.98 Å². The third kappa shape index (κ3) is 4.30. The van der Waals surface area contributed by atoms with E-state index in [-0.39, 0.29) is 6.04 Å². The Morgan fingerprint density at radius 2 is 1.44 bits per heavy atom. The molecule has 0 aliphatic carbocycles. The van der Waals surface area contributed by atoms with Gasteiger partial charge in [0.05, 0.1) is 28.5 Å². The first kappa shape index (κ1) is 21.6. The summed E-state index contributed by atoms with van der Waals surface area (Å²) in [6.07, 6.45) is 3.54. The predicted molar refractivity (Wildman–Crippen MR) is 142 cm³/mol. The molecule has 7 heteroatoms. The summed E-state index contributed by atoms with van der Waals surface area (Å²) in [7, 11) is 0. The first-order valence-electron chi connectivity index (χ1n) is 11.8. The minimum absolute atomic E-state index is 0.0814. The summed E-state index contributed by atoms with van der Waals surface area (Å²) >= 11 is 0. The smallest absolute Gasteiger partial charge is 0.225 e. The van der Waals surface area contributed by atoms with Gasteiger partial charge in [-0.15, -0.1) is 10.2 Å². The molecule has 0 saturated heterocycles. The molecule has 174 valence electrons. The lowest BCUT2D eigenvalue weighted by atomic mass is 10.1. The van der Waals surface area contributed by atoms with E-state index in [2.05, 4.69) is 44.5 Å². The molecule has 0 radical (unpaired) electrons. The van der Waals surface area contributed by atoms with Crippen molar-refractivity contribution in [3.8, 4) is 28.3 Å². The summed E-state index contributed by atoms with van der Waals surface area (Å²) in [5.41, 5.74) is 6.63. The summed E-state index contributed by atoms with van der Waals surface area (Å²) in [5.74, 6) is 1.31. The standard InChI is InChI=1S/C29H23N7/c1-20(21-8-4-2-5-9-21)32-29-30-17-16-28(33-29)36-19-31-26-18-23(12-15-27(26)36)25-14-13-24(34-35-25)22-10-6-3-7-11-22/h2-20H,1H3,(H,30,32,33)/t20-/m0/s1. The monoisotopic (exact) mass is 469 g/mol. The highest BCUT2D eigenvalue weighted by Crippen LogP contribution is 2.25. The summed E-state index contributed by atoms with van der Waals surface area (Å²) in [6.45, 7) is 2.09. The van der Waals surface area contributed by atoms with Crippen molar-refractivity contribution >= 4 is 17.0 Å². The quantitative estimate of drug-likeness (QED) is 0.317. The molecule has 7 nitrogen and oxygen atoms in total. The van der Waals surface area contributed by atoms with Crippen molar-refractivity contribution in [2.24, 2.45) is 0 Å². The van der Waals surface area contributed by atoms with Crippen molar-refractivity contribution in [2.45, 2.75) is 13.0 Å². The molecular formula is C29H23N7. The van der Waals surface area contributed by atoms with Crippen LogP contribution in [-0.4, -0.2) is 29.7 Å². The molecule has 0 fully saturated rings. The molecule has 36 heavy (non-hydrogen) atoms. The minimum Gasteiger partial charge on any atom is -0.348 e. The molecule has 0 aliphatic heterocycles. The maximum atomic E-state index is 4.73. The normalized spacial score (nSPS) is 11.9. The zero-order chi connectivity index (χ0) is 24.3. The van der Waals surface area contributed by atoms with Crippen LogP contribution in [0, 0.1) is 0 Å². The average Bonchev–Trinajstić information content (AvgIpc) is 3.38. The number of fused-ring (bicyclic) bond motifs is 1. The largest absolute Gasteiger partial charge is 0.348 e. The first-order valence-corrected chi connectivity index (χ1v) is 11.8. The van der Waals surface area contributed by atoms with Gasteiger partial charge in [-0.1, -0.05) is 66.7 Å². The second-order valence-electron chi connectivity index (χ2n) is 8.50. The van der Waals surface area contributed by atoms with Crippen molar-refractivity contribution in [3.63, 3.8) is 0 Å². The van der Waals surface area contributed by atoms with Crippen LogP contribution < -0.4 is 5.32 Å². The predicted octanol–water partition coefficient (Wildman–Crippen LogP) is 6.11. The highest BCUT2D eigenvalue weighted by atomic mass is 15.2. The number of benzene rings is 3. The van der Waals surface area contributed by atoms with Crippen LogP contribution >= 0.6 is 0 Å². The van der Waals surface area contributed by atoms with Gasteiger partial charge in [0.2, 0.25) is 5.95 Å². The molecule has 0 saturated carbocycles. The van der Waals surface area contributed by atoms with Crippen molar-refractivity contribution in [1.29, 1.82) is 0 Å². The van der Waals surface area contributed by atoms with Gasteiger partial charge in [0.15, 0.2) is 0 Å². The molecule has 0 spiro atoms. The number of aromatic nitrogens is 6. The van der Waals surface area contributed by atoms with Crippen LogP contribution in [0.2, 0.25) is 0 Å². The molecular weight excluding hydrogens is 446 g/mol. The average molecular weight is 470 g/mol. The SMILES string of the molecule is C[C@H](Nc1nccc(-n2cnc3cc(-c4ccc(-c5ccccc5)nn4)ccc32)n1)c1ccccc1. The Balaban J connectivity index is 1.26. The Labute approximate surface area is 208 Å². The van der Waals surface area contributed by atoms with Crippen LogP contribution in [0.5, 0.6) is 0 Å². The Kier molecular flexibility index (Phi) is 5.63. The van der Waals surface area contributed by atoms with Crippen LogP contribution in [0.4, 0.5) is 5.95 Å². The number of hydrogen-bond acceptors (Lipinski definition) is 6. The van der Waals surface area contributed by atoms with E-state index < -0.39 is 0 Å². The van der Waals surface area contributed by atoms with Gasteiger partial charge in [0.1, 0.15) is 12.1 Å². The topological polar surface area (TPSA) is 81.4 Å². The van der Waals surface area contributed by atoms with Gasteiger partial charge >= 0.3 is 0 Å². The maximum Gasteiger partial charge on any atom is 0.225 e. The van der Waals surface area contributed by atoms with Crippen molar-refractivity contribution in [1.82, 2.24) is 29.7 Å². The molecule has 3 aromatic carbocycles. The lowest BCUT2D eigenvalue weighted by molar-refractivity contribution is 0.854. The molecule has 3 aromatic heterocycles. The minimum atomic E-state index is 0.0814. The summed E-state index contributed by atoms with van der Waals surface area (Å²) < 4.78 is 1.96. The van der Waals surface area contributed by atoms with Crippen LogP contribution in [-0.2, 0) is 0 Å². The fourth-order valence-corrected chi connectivity index (χ4v) is 4.18. The van der Waals surface area contributed by atoms with Crippen molar-refractivity contribution in [3.05, 3.63) is 115 Å². The van der Waals surface area contributed by atoms with Crippen molar-refractivity contribution in [2.75, 3.05) is 5.32 Å². The molecule has 0 bridgehead atoms. The van der Waals surface area contributed by atoms with E-state index >= 15 is 0 Å². The fraction of sp³-hybridized carbons (Fsp3) is 0.0690. The van der Waals surface area contributed by atoms with E-state index in [0.717, 1.165) is 39.4 Å². The second kappa shape index (κ2) is 9.38. The van der Waals surface area contributed by atoms with Gasteiger partial charge in [-0.25, -0.2) is 9.97 Å². The molecule has 0 aliphatic rings. The van der Waals surface area contributed by atoms with Crippen LogP contribution in [0.15, 0.2) is 110 Å². The Morgan fingerprint density at radius 1 is 0.722 bits per heavy atom. The molecule has 0 amide bonds. The zero-order valence-corrected chi connectivity index (χ0v) is 19.7. The molecule has 1 N–H and O–H groups in total. The van der Waals surface area contributed by atoms with E-state index in [4.69, 9.17) is 4.98 Å². The maximum absolute atomic E-state index is 4.73. The van der Waals surface area contributed by atoms with Gasteiger partial charge in [-0.05, 0) is 42.8 Å². The van der Waals surface area contributed by atoms with Gasteiger partial charge in [0, 0.05) is 17.3 Å². The lowest BCUT2D eigenvalue weighted by Gasteiger charge is -2.14. The highest BCUT2D eigenvalue weighted by molar-refractivity contribution is 5.82. The Bertz CT molecular complexity index is 1610. The first-order chi connectivity index (χ1) is 17.7. The number of anilines is 1. The second-order valence-corrected chi connectivity index (χ2v) is 8.50. The number of nitrogens with one attached hydrogen (secondary N) is 1. The number of hydrogen-bond donors (Lipinski definition) is 1. The highest BCUT2D eigenvalue weighted by Gasteiger charge is 2.11. The fourth-order valence-electron chi connectivity index (χ4n) is 4.18. The van der Waals surface area contributed by atoms with E-state index in [1.807, 2.05) is 89.5 Å². The van der Waals surface area contributed by atoms with Gasteiger partial charge in [0.25, 0.3) is 0 Å². The third-order valence-electron chi connectivity index (χ3n) is 6.11. The number of nitrogens with zero attached hydrogens (tertiary/aromatic N) is 6. The summed E-state index contributed by atoms with van der Waals surface area (Å²) in [6, 6.07) is 32.3. The van der Waals surface area contributed by atoms with Gasteiger partial charge in [-0.3, -0.25) is 4.57 Å². The Morgan fingerprint density at radius 3 is 2.19 bits per heavy atom. The number of imidazole rings is 1. The van der Waals surface area contributed by atoms with Crippen LogP contribution in [0.25, 0.3) is 39.4 Å². The molecule has 6 aromatic rings. The molecule has 6 rings (SSSR count). The molecule has 1 atom stereocenters. The third-order valence-corrected chi connectivity index (χ3v) is 6.11. The number of rotatable bonds is 6. The van der Waals surface area contributed by atoms with E-state index in [1.54, 1.807) is 12.5 Å². The van der Waals surface area contributed by atoms with Crippen LogP contribution in [0.3, 0.4) is 0 Å². The van der Waals surface area contributed by atoms with Crippen LogP contribution in [0.1, 0.15) is 18.5 Å². The van der Waals surface area contributed by atoms with Crippen molar-refractivity contribution < 1.29 is 0 Å². The van der Waals surface area contributed by atoms with E-state index in [1.165, 1.54) is 5.56 Å². The Hall–Kier alpha value is -4.91. The summed E-state index contributed by atoms with van der Waals surface area (Å²) in [4.78, 5) is 13.8. The summed E-state index contributed by atoms with van der Waals surface area (Å²) in [5, 5.41) is 12.2. The zero-order valence-electron chi connectivity index (χ0n) is 19.7.